The minimum atomic E-state index is -0.124. The highest BCUT2D eigenvalue weighted by molar-refractivity contribution is 5.93. The molecule has 0 spiro atoms. The van der Waals surface area contributed by atoms with Gasteiger partial charge in [-0.05, 0) is 23.8 Å². The molecule has 0 fully saturated rings. The minimum absolute atomic E-state index is 0.124. The molecule has 0 atom stereocenters. The van der Waals surface area contributed by atoms with Gasteiger partial charge in [-0.3, -0.25) is 9.78 Å². The van der Waals surface area contributed by atoms with Crippen LogP contribution in [0.25, 0.3) is 12.2 Å². The van der Waals surface area contributed by atoms with Gasteiger partial charge in [0, 0.05) is 13.2 Å². The van der Waals surface area contributed by atoms with Crippen LogP contribution in [0.3, 0.4) is 0 Å². The van der Waals surface area contributed by atoms with E-state index in [-0.39, 0.29) is 5.91 Å². The Morgan fingerprint density at radius 2 is 1.89 bits per heavy atom. The molecule has 0 radical (unpaired) electrons. The maximum absolute atomic E-state index is 11.3. The smallest absolute Gasteiger partial charge is 0.252 e. The average Bonchev–Trinajstić information content (AvgIpc) is 2.46. The lowest BCUT2D eigenvalue weighted by atomic mass is 10.2. The lowest BCUT2D eigenvalue weighted by molar-refractivity contribution is 0.0962. The van der Waals surface area contributed by atoms with Crippen LogP contribution in [0.1, 0.15) is 21.6 Å². The van der Waals surface area contributed by atoms with Gasteiger partial charge < -0.3 is 5.32 Å². The number of rotatable bonds is 3. The molecule has 18 heavy (non-hydrogen) atoms. The van der Waals surface area contributed by atoms with E-state index in [4.69, 9.17) is 0 Å². The van der Waals surface area contributed by atoms with Crippen LogP contribution < -0.4 is 5.32 Å². The zero-order chi connectivity index (χ0) is 12.8. The van der Waals surface area contributed by atoms with Gasteiger partial charge in [-0.1, -0.05) is 36.4 Å². The summed E-state index contributed by atoms with van der Waals surface area (Å²) in [6, 6.07) is 13.6. The highest BCUT2D eigenvalue weighted by Crippen LogP contribution is 2.07. The lowest BCUT2D eigenvalue weighted by Crippen LogP contribution is -2.17. The van der Waals surface area contributed by atoms with E-state index in [0.29, 0.717) is 5.56 Å². The summed E-state index contributed by atoms with van der Waals surface area (Å²) in [5.41, 5.74) is 2.51. The van der Waals surface area contributed by atoms with Gasteiger partial charge in [-0.25, -0.2) is 0 Å². The first-order valence-corrected chi connectivity index (χ1v) is 5.71. The molecule has 0 bridgehead atoms. The first-order chi connectivity index (χ1) is 8.79. The molecule has 1 aromatic carbocycles. The van der Waals surface area contributed by atoms with Crippen molar-refractivity contribution in [2.75, 3.05) is 7.05 Å². The Morgan fingerprint density at radius 3 is 2.50 bits per heavy atom. The monoisotopic (exact) mass is 238 g/mol. The standard InChI is InChI=1S/C15H14N2O/c1-16-15(18)13-8-10-14(17-11-13)9-7-12-5-3-2-4-6-12/h2-11H,1H3,(H,16,18)/b9-7-. The molecule has 0 saturated carbocycles. The van der Waals surface area contributed by atoms with Crippen LogP contribution in [0.5, 0.6) is 0 Å². The number of benzene rings is 1. The number of nitrogens with one attached hydrogen (secondary N) is 1. The lowest BCUT2D eigenvalue weighted by Gasteiger charge is -1.99. The van der Waals surface area contributed by atoms with Crippen LogP contribution >= 0.6 is 0 Å². The van der Waals surface area contributed by atoms with E-state index < -0.39 is 0 Å². The molecule has 0 unspecified atom stereocenters. The van der Waals surface area contributed by atoms with Crippen molar-refractivity contribution in [1.29, 1.82) is 0 Å². The highest BCUT2D eigenvalue weighted by atomic mass is 16.1. The summed E-state index contributed by atoms with van der Waals surface area (Å²) >= 11 is 0. The number of hydrogen-bond donors (Lipinski definition) is 1. The van der Waals surface area contributed by atoms with Gasteiger partial charge in [-0.15, -0.1) is 0 Å². The first kappa shape index (κ1) is 12.0. The number of hydrogen-bond acceptors (Lipinski definition) is 2. The van der Waals surface area contributed by atoms with Crippen molar-refractivity contribution in [2.24, 2.45) is 0 Å². The zero-order valence-corrected chi connectivity index (χ0v) is 10.1. The number of pyridine rings is 1. The molecular weight excluding hydrogens is 224 g/mol. The second-order valence-electron chi connectivity index (χ2n) is 3.79. The van der Waals surface area contributed by atoms with Gasteiger partial charge in [0.05, 0.1) is 11.3 Å². The normalized spacial score (nSPS) is 10.5. The maximum Gasteiger partial charge on any atom is 0.252 e. The van der Waals surface area contributed by atoms with Gasteiger partial charge in [0.25, 0.3) is 5.91 Å². The van der Waals surface area contributed by atoms with Crippen molar-refractivity contribution in [2.45, 2.75) is 0 Å². The SMILES string of the molecule is CNC(=O)c1ccc(/C=C\c2ccccc2)nc1. The number of carbonyl (C=O) groups is 1. The summed E-state index contributed by atoms with van der Waals surface area (Å²) in [4.78, 5) is 15.6. The quantitative estimate of drug-likeness (QED) is 0.893. The van der Waals surface area contributed by atoms with Crippen molar-refractivity contribution in [3.8, 4) is 0 Å². The molecule has 2 aromatic rings. The third-order valence-electron chi connectivity index (χ3n) is 2.52. The largest absolute Gasteiger partial charge is 0.355 e. The van der Waals surface area contributed by atoms with Gasteiger partial charge >= 0.3 is 0 Å². The van der Waals surface area contributed by atoms with Crippen molar-refractivity contribution in [1.82, 2.24) is 10.3 Å². The van der Waals surface area contributed by atoms with Crippen LogP contribution in [0, 0.1) is 0 Å². The summed E-state index contributed by atoms with van der Waals surface area (Å²) in [6.07, 6.45) is 5.48. The first-order valence-electron chi connectivity index (χ1n) is 5.71. The Labute approximate surface area is 106 Å². The van der Waals surface area contributed by atoms with Gasteiger partial charge in [0.15, 0.2) is 0 Å². The minimum Gasteiger partial charge on any atom is -0.355 e. The van der Waals surface area contributed by atoms with Crippen LogP contribution in [0.4, 0.5) is 0 Å². The predicted octanol–water partition coefficient (Wildman–Crippen LogP) is 2.61. The fourth-order valence-corrected chi connectivity index (χ4v) is 1.53. The van der Waals surface area contributed by atoms with E-state index in [1.54, 1.807) is 19.3 Å². The summed E-state index contributed by atoms with van der Waals surface area (Å²) in [5.74, 6) is -0.124. The maximum atomic E-state index is 11.3. The molecule has 3 heteroatoms. The second kappa shape index (κ2) is 5.77. The molecule has 0 saturated heterocycles. The summed E-state index contributed by atoms with van der Waals surface area (Å²) in [5, 5.41) is 2.56. The fourth-order valence-electron chi connectivity index (χ4n) is 1.53. The number of amides is 1. The average molecular weight is 238 g/mol. The summed E-state index contributed by atoms with van der Waals surface area (Å²) < 4.78 is 0. The molecule has 90 valence electrons. The fraction of sp³-hybridized carbons (Fsp3) is 0.0667. The van der Waals surface area contributed by atoms with Crippen molar-refractivity contribution >= 4 is 18.1 Å². The van der Waals surface area contributed by atoms with E-state index in [1.165, 1.54) is 0 Å². The Balaban J connectivity index is 2.11. The molecule has 0 aliphatic carbocycles. The van der Waals surface area contributed by atoms with Crippen LogP contribution in [-0.2, 0) is 0 Å². The summed E-state index contributed by atoms with van der Waals surface area (Å²) in [7, 11) is 1.60. The topological polar surface area (TPSA) is 42.0 Å². The Kier molecular flexibility index (Phi) is 3.86. The highest BCUT2D eigenvalue weighted by Gasteiger charge is 2.01. The van der Waals surface area contributed by atoms with Crippen LogP contribution in [0.15, 0.2) is 48.7 Å². The predicted molar refractivity (Wildman–Crippen MR) is 73.0 cm³/mol. The third kappa shape index (κ3) is 3.04. The Morgan fingerprint density at radius 1 is 1.11 bits per heavy atom. The Hall–Kier alpha value is -2.42. The Bertz CT molecular complexity index is 544. The summed E-state index contributed by atoms with van der Waals surface area (Å²) in [6.45, 7) is 0. The number of aromatic nitrogens is 1. The molecule has 2 rings (SSSR count). The molecule has 1 aromatic heterocycles. The molecule has 1 heterocycles. The molecule has 1 amide bonds. The van der Waals surface area contributed by atoms with Gasteiger partial charge in [0.2, 0.25) is 0 Å². The van der Waals surface area contributed by atoms with Crippen LogP contribution in [0.2, 0.25) is 0 Å². The molecule has 3 nitrogen and oxygen atoms in total. The van der Waals surface area contributed by atoms with Gasteiger partial charge in [0.1, 0.15) is 0 Å². The van der Waals surface area contributed by atoms with E-state index in [2.05, 4.69) is 10.3 Å². The van der Waals surface area contributed by atoms with Crippen molar-refractivity contribution < 1.29 is 4.79 Å². The molecule has 0 aliphatic rings. The van der Waals surface area contributed by atoms with Gasteiger partial charge in [-0.2, -0.15) is 0 Å². The second-order valence-corrected chi connectivity index (χ2v) is 3.79. The number of carbonyl (C=O) groups excluding carboxylic acids is 1. The molecule has 0 aliphatic heterocycles. The molecular formula is C15H14N2O. The zero-order valence-electron chi connectivity index (χ0n) is 10.1. The van der Waals surface area contributed by atoms with E-state index >= 15 is 0 Å². The van der Waals surface area contributed by atoms with E-state index in [1.807, 2.05) is 48.6 Å². The third-order valence-corrected chi connectivity index (χ3v) is 2.52. The number of nitrogens with zero attached hydrogens (tertiary/aromatic N) is 1. The van der Waals surface area contributed by atoms with Crippen molar-refractivity contribution in [3.63, 3.8) is 0 Å². The molecule has 1 N–H and O–H groups in total. The van der Waals surface area contributed by atoms with E-state index in [0.717, 1.165) is 11.3 Å². The van der Waals surface area contributed by atoms with Crippen molar-refractivity contribution in [3.05, 3.63) is 65.5 Å². The van der Waals surface area contributed by atoms with Crippen LogP contribution in [-0.4, -0.2) is 17.9 Å². The van der Waals surface area contributed by atoms with E-state index in [9.17, 15) is 4.79 Å².